The van der Waals surface area contributed by atoms with Crippen LogP contribution in [-0.4, -0.2) is 6.16 Å². The first-order valence-corrected chi connectivity index (χ1v) is 5.20. The molecule has 0 amide bonds. The number of hydrogen-bond donors (Lipinski definition) is 0. The van der Waals surface area contributed by atoms with Crippen LogP contribution in [-0.2, 0) is 11.0 Å². The van der Waals surface area contributed by atoms with Gasteiger partial charge < -0.3 is 4.57 Å². The quantitative estimate of drug-likeness (QED) is 0.498. The summed E-state index contributed by atoms with van der Waals surface area (Å²) in [6, 6.07) is 10.3. The van der Waals surface area contributed by atoms with E-state index in [2.05, 4.69) is 12.1 Å². The van der Waals surface area contributed by atoms with Crippen molar-refractivity contribution in [1.29, 1.82) is 0 Å². The zero-order valence-corrected chi connectivity index (χ0v) is 7.65. The fourth-order valence-electron chi connectivity index (χ4n) is 1.03. The van der Waals surface area contributed by atoms with E-state index in [0.29, 0.717) is 0 Å². The van der Waals surface area contributed by atoms with Gasteiger partial charge in [-0.1, -0.05) is 30.3 Å². The second kappa shape index (κ2) is 5.15. The molecule has 0 aliphatic rings. The Morgan fingerprint density at radius 3 is 2.55 bits per heavy atom. The number of benzene rings is 1. The summed E-state index contributed by atoms with van der Waals surface area (Å²) >= 11 is 0. The van der Waals surface area contributed by atoms with Gasteiger partial charge in [-0.2, -0.15) is 0 Å². The molecule has 0 radical (unpaired) electrons. The maximum Gasteiger partial charge on any atom is 0.0645 e. The lowest BCUT2D eigenvalue weighted by molar-refractivity contribution is 0.597. The van der Waals surface area contributed by atoms with E-state index in [9.17, 15) is 4.57 Å². The van der Waals surface area contributed by atoms with Crippen molar-refractivity contribution in [3.63, 3.8) is 0 Å². The zero-order chi connectivity index (χ0) is 7.94. The molecule has 0 bridgehead atoms. The number of aryl methyl sites for hydroxylation is 1. The Hall–Kier alpha value is -0.550. The summed E-state index contributed by atoms with van der Waals surface area (Å²) in [5.74, 6) is 0. The monoisotopic (exact) mass is 168 g/mol. The van der Waals surface area contributed by atoms with Gasteiger partial charge in [-0.15, -0.1) is 0 Å². The van der Waals surface area contributed by atoms with E-state index in [1.807, 2.05) is 18.2 Å². The summed E-state index contributed by atoms with van der Waals surface area (Å²) in [5.41, 5.74) is 1.35. The van der Waals surface area contributed by atoms with Crippen LogP contribution in [0.4, 0.5) is 0 Å². The fraction of sp³-hybridized carbons (Fsp3) is 0.333. The molecule has 0 N–H and O–H groups in total. The van der Waals surface area contributed by atoms with Gasteiger partial charge in [0.25, 0.3) is 0 Å². The summed E-state index contributed by atoms with van der Waals surface area (Å²) in [7, 11) is -0.546. The minimum Gasteiger partial charge on any atom is -0.330 e. The van der Waals surface area contributed by atoms with Crippen LogP contribution in [0.25, 0.3) is 0 Å². The molecule has 1 unspecified atom stereocenters. The molecule has 0 saturated carbocycles. The molecule has 0 aliphatic carbocycles. The summed E-state index contributed by atoms with van der Waals surface area (Å²) in [6.07, 6.45) is 3.01. The zero-order valence-electron chi connectivity index (χ0n) is 6.49. The Morgan fingerprint density at radius 1 is 1.18 bits per heavy atom. The fourth-order valence-corrected chi connectivity index (χ4v) is 1.40. The molecule has 1 aromatic carbocycles. The maximum absolute atomic E-state index is 10.2. The van der Waals surface area contributed by atoms with Crippen LogP contribution in [0.2, 0.25) is 0 Å². The summed E-state index contributed by atoms with van der Waals surface area (Å²) in [5, 5.41) is 0. The normalized spacial score (nSPS) is 10.9. The van der Waals surface area contributed by atoms with Gasteiger partial charge >= 0.3 is 0 Å². The van der Waals surface area contributed by atoms with Crippen LogP contribution in [0.3, 0.4) is 0 Å². The van der Waals surface area contributed by atoms with Gasteiger partial charge in [-0.25, -0.2) is 0 Å². The molecule has 0 fully saturated rings. The molecular weight excluding hydrogens is 155 g/mol. The third-order valence-corrected chi connectivity index (χ3v) is 2.27. The van der Waals surface area contributed by atoms with E-state index in [1.165, 1.54) is 5.56 Å². The van der Waals surface area contributed by atoms with Crippen LogP contribution in [0, 0.1) is 0 Å². The van der Waals surface area contributed by atoms with E-state index < -0.39 is 8.46 Å². The second-order valence-electron chi connectivity index (χ2n) is 2.54. The Bertz CT molecular complexity index is 208. The SMILES string of the molecule is O=[PH2]CCCc1ccccc1. The molecule has 0 heterocycles. The molecule has 0 saturated heterocycles. The highest BCUT2D eigenvalue weighted by Gasteiger charge is 1.89. The maximum atomic E-state index is 10.2. The largest absolute Gasteiger partial charge is 0.330 e. The van der Waals surface area contributed by atoms with E-state index in [0.717, 1.165) is 19.0 Å². The molecule has 1 nitrogen and oxygen atoms in total. The smallest absolute Gasteiger partial charge is 0.0645 e. The van der Waals surface area contributed by atoms with Crippen LogP contribution >= 0.6 is 8.46 Å². The van der Waals surface area contributed by atoms with E-state index >= 15 is 0 Å². The van der Waals surface area contributed by atoms with E-state index in [-0.39, 0.29) is 0 Å². The lowest BCUT2D eigenvalue weighted by Gasteiger charge is -1.96. The first-order chi connectivity index (χ1) is 5.43. The van der Waals surface area contributed by atoms with Crippen molar-refractivity contribution in [2.24, 2.45) is 0 Å². The van der Waals surface area contributed by atoms with Gasteiger partial charge in [-0.05, 0) is 24.6 Å². The van der Waals surface area contributed by atoms with Gasteiger partial charge in [0.05, 0.1) is 8.46 Å². The second-order valence-corrected chi connectivity index (χ2v) is 3.46. The van der Waals surface area contributed by atoms with E-state index in [1.54, 1.807) is 0 Å². The van der Waals surface area contributed by atoms with Gasteiger partial charge in [0.15, 0.2) is 0 Å². The predicted octanol–water partition coefficient (Wildman–Crippen LogP) is 2.38. The molecule has 60 valence electrons. The standard InChI is InChI=1S/C9H13OP/c10-11-8-4-7-9-5-2-1-3-6-9/h1-3,5-6H,4,7-8,11H2. The van der Waals surface area contributed by atoms with Gasteiger partial charge in [0.2, 0.25) is 0 Å². The first kappa shape index (κ1) is 8.55. The molecule has 1 rings (SSSR count). The average molecular weight is 168 g/mol. The molecule has 2 heteroatoms. The molecule has 0 aromatic heterocycles. The van der Waals surface area contributed by atoms with E-state index in [4.69, 9.17) is 0 Å². The highest BCUT2D eigenvalue weighted by atomic mass is 31.1. The predicted molar refractivity (Wildman–Crippen MR) is 50.0 cm³/mol. The molecule has 1 aromatic rings. The third-order valence-electron chi connectivity index (χ3n) is 1.63. The summed E-state index contributed by atoms with van der Waals surface area (Å²) in [6.45, 7) is 0. The minimum atomic E-state index is -0.546. The Kier molecular flexibility index (Phi) is 4.00. The highest BCUT2D eigenvalue weighted by molar-refractivity contribution is 7.23. The van der Waals surface area contributed by atoms with Crippen LogP contribution in [0.5, 0.6) is 0 Å². The minimum absolute atomic E-state index is 0.546. The Labute approximate surface area is 68.6 Å². The van der Waals surface area contributed by atoms with Crippen LogP contribution < -0.4 is 0 Å². The molecular formula is C9H13OP. The highest BCUT2D eigenvalue weighted by Crippen LogP contribution is 2.04. The summed E-state index contributed by atoms with van der Waals surface area (Å²) in [4.78, 5) is 0. The van der Waals surface area contributed by atoms with Crippen molar-refractivity contribution in [1.82, 2.24) is 0 Å². The van der Waals surface area contributed by atoms with Crippen LogP contribution in [0.1, 0.15) is 12.0 Å². The third kappa shape index (κ3) is 3.38. The lowest BCUT2D eigenvalue weighted by Crippen LogP contribution is -1.84. The van der Waals surface area contributed by atoms with Crippen LogP contribution in [0.15, 0.2) is 30.3 Å². The topological polar surface area (TPSA) is 17.1 Å². The molecule has 0 aliphatic heterocycles. The number of hydrogen-bond acceptors (Lipinski definition) is 1. The molecule has 11 heavy (non-hydrogen) atoms. The Balaban J connectivity index is 2.33. The van der Waals surface area contributed by atoms with Gasteiger partial charge in [0, 0.05) is 0 Å². The van der Waals surface area contributed by atoms with Crippen molar-refractivity contribution in [3.8, 4) is 0 Å². The Morgan fingerprint density at radius 2 is 1.91 bits per heavy atom. The molecule has 0 spiro atoms. The van der Waals surface area contributed by atoms with Gasteiger partial charge in [0.1, 0.15) is 0 Å². The summed E-state index contributed by atoms with van der Waals surface area (Å²) < 4.78 is 10.2. The van der Waals surface area contributed by atoms with Crippen molar-refractivity contribution in [2.75, 3.05) is 6.16 Å². The first-order valence-electron chi connectivity index (χ1n) is 3.91. The van der Waals surface area contributed by atoms with Crippen molar-refractivity contribution >= 4 is 8.46 Å². The number of rotatable bonds is 4. The van der Waals surface area contributed by atoms with Crippen molar-refractivity contribution in [2.45, 2.75) is 12.8 Å². The van der Waals surface area contributed by atoms with Gasteiger partial charge in [-0.3, -0.25) is 0 Å². The average Bonchev–Trinajstić information content (AvgIpc) is 2.07. The molecule has 1 atom stereocenters. The van der Waals surface area contributed by atoms with Crippen molar-refractivity contribution in [3.05, 3.63) is 35.9 Å². The lowest BCUT2D eigenvalue weighted by atomic mass is 10.1. The van der Waals surface area contributed by atoms with Crippen molar-refractivity contribution < 1.29 is 4.57 Å².